The Balaban J connectivity index is 1.72. The van der Waals surface area contributed by atoms with Gasteiger partial charge in [-0.2, -0.15) is 0 Å². The summed E-state index contributed by atoms with van der Waals surface area (Å²) in [6, 6.07) is 11.2. The third kappa shape index (κ3) is 4.87. The molecule has 0 radical (unpaired) electrons. The highest BCUT2D eigenvalue weighted by Crippen LogP contribution is 2.14. The molecule has 20 heavy (non-hydrogen) atoms. The molecule has 0 amide bonds. The number of hydrogen-bond donors (Lipinski definition) is 2. The third-order valence-corrected chi connectivity index (χ3v) is 3.90. The van der Waals surface area contributed by atoms with Crippen molar-refractivity contribution in [3.05, 3.63) is 35.9 Å². The Hall–Kier alpha value is -0.940. The minimum atomic E-state index is 0.0608. The molecular weight excluding hydrogens is 252 g/mol. The molecular formula is C16H26N2O2. The summed E-state index contributed by atoms with van der Waals surface area (Å²) >= 11 is 0. The van der Waals surface area contributed by atoms with Gasteiger partial charge in [0.05, 0.1) is 19.3 Å². The largest absolute Gasteiger partial charge is 0.395 e. The van der Waals surface area contributed by atoms with Crippen LogP contribution in [0.2, 0.25) is 0 Å². The van der Waals surface area contributed by atoms with E-state index in [1.165, 1.54) is 5.56 Å². The van der Waals surface area contributed by atoms with Gasteiger partial charge in [0.2, 0.25) is 0 Å². The fourth-order valence-electron chi connectivity index (χ4n) is 2.79. The molecule has 1 aliphatic heterocycles. The standard InChI is InChI=1S/C16H26N2O2/c1-20-13-16(12-19)17-15-7-9-18(10-8-15)11-14-5-3-2-4-6-14/h2-6,15-17,19H,7-13H2,1H3. The molecule has 2 N–H and O–H groups in total. The van der Waals surface area contributed by atoms with Crippen LogP contribution in [0.3, 0.4) is 0 Å². The van der Waals surface area contributed by atoms with E-state index in [0.717, 1.165) is 32.5 Å². The normalized spacial score (nSPS) is 19.1. The summed E-state index contributed by atoms with van der Waals surface area (Å²) in [5, 5.41) is 12.8. The summed E-state index contributed by atoms with van der Waals surface area (Å²) in [7, 11) is 1.67. The lowest BCUT2D eigenvalue weighted by Gasteiger charge is -2.34. The number of aliphatic hydroxyl groups excluding tert-OH is 1. The van der Waals surface area contributed by atoms with Gasteiger partial charge in [0, 0.05) is 19.7 Å². The van der Waals surface area contributed by atoms with Gasteiger partial charge < -0.3 is 15.2 Å². The van der Waals surface area contributed by atoms with Crippen molar-refractivity contribution < 1.29 is 9.84 Å². The van der Waals surface area contributed by atoms with E-state index in [4.69, 9.17) is 4.74 Å². The van der Waals surface area contributed by atoms with Crippen LogP contribution in [-0.2, 0) is 11.3 Å². The van der Waals surface area contributed by atoms with Crippen molar-refractivity contribution in [1.82, 2.24) is 10.2 Å². The minimum absolute atomic E-state index is 0.0608. The molecule has 0 bridgehead atoms. The zero-order valence-electron chi connectivity index (χ0n) is 12.3. The van der Waals surface area contributed by atoms with E-state index in [0.29, 0.717) is 12.6 Å². The zero-order valence-corrected chi connectivity index (χ0v) is 12.3. The fraction of sp³-hybridized carbons (Fsp3) is 0.625. The first-order valence-electron chi connectivity index (χ1n) is 7.44. The molecule has 0 spiro atoms. The second-order valence-electron chi connectivity index (χ2n) is 5.54. The number of rotatable bonds is 7. The minimum Gasteiger partial charge on any atom is -0.395 e. The Morgan fingerprint density at radius 1 is 1.30 bits per heavy atom. The Bertz CT molecular complexity index is 364. The van der Waals surface area contributed by atoms with Gasteiger partial charge in [0.15, 0.2) is 0 Å². The third-order valence-electron chi connectivity index (χ3n) is 3.90. The number of aliphatic hydroxyl groups is 1. The van der Waals surface area contributed by atoms with E-state index in [9.17, 15) is 5.11 Å². The van der Waals surface area contributed by atoms with Crippen LogP contribution in [0, 0.1) is 0 Å². The van der Waals surface area contributed by atoms with Crippen molar-refractivity contribution in [2.75, 3.05) is 33.4 Å². The Morgan fingerprint density at radius 2 is 2.00 bits per heavy atom. The molecule has 1 aromatic rings. The van der Waals surface area contributed by atoms with E-state index in [2.05, 4.69) is 40.5 Å². The van der Waals surface area contributed by atoms with Gasteiger partial charge in [-0.25, -0.2) is 0 Å². The summed E-state index contributed by atoms with van der Waals surface area (Å²) < 4.78 is 5.10. The van der Waals surface area contributed by atoms with Crippen molar-refractivity contribution in [1.29, 1.82) is 0 Å². The summed E-state index contributed by atoms with van der Waals surface area (Å²) in [5.74, 6) is 0. The molecule has 2 rings (SSSR count). The van der Waals surface area contributed by atoms with Gasteiger partial charge in [0.1, 0.15) is 0 Å². The maximum atomic E-state index is 9.28. The quantitative estimate of drug-likeness (QED) is 0.788. The number of nitrogens with one attached hydrogen (secondary N) is 1. The van der Waals surface area contributed by atoms with Gasteiger partial charge in [0.25, 0.3) is 0 Å². The van der Waals surface area contributed by atoms with Gasteiger partial charge in [-0.1, -0.05) is 30.3 Å². The number of nitrogens with zero attached hydrogens (tertiary/aromatic N) is 1. The number of benzene rings is 1. The van der Waals surface area contributed by atoms with E-state index in [1.54, 1.807) is 7.11 Å². The summed E-state index contributed by atoms with van der Waals surface area (Å²) in [5.41, 5.74) is 1.38. The van der Waals surface area contributed by atoms with Crippen LogP contribution in [0.1, 0.15) is 18.4 Å². The van der Waals surface area contributed by atoms with Crippen molar-refractivity contribution in [3.63, 3.8) is 0 Å². The summed E-state index contributed by atoms with van der Waals surface area (Å²) in [4.78, 5) is 2.50. The number of piperidine rings is 1. The van der Waals surface area contributed by atoms with Crippen LogP contribution in [0.15, 0.2) is 30.3 Å². The average Bonchev–Trinajstić information content (AvgIpc) is 2.50. The predicted octanol–water partition coefficient (Wildman–Crippen LogP) is 1.25. The Morgan fingerprint density at radius 3 is 2.60 bits per heavy atom. The molecule has 1 saturated heterocycles. The smallest absolute Gasteiger partial charge is 0.0638 e. The molecule has 4 nitrogen and oxygen atoms in total. The van der Waals surface area contributed by atoms with Crippen molar-refractivity contribution in [2.45, 2.75) is 31.5 Å². The lowest BCUT2D eigenvalue weighted by Crippen LogP contribution is -2.48. The van der Waals surface area contributed by atoms with Crippen LogP contribution >= 0.6 is 0 Å². The van der Waals surface area contributed by atoms with Crippen molar-refractivity contribution >= 4 is 0 Å². The maximum absolute atomic E-state index is 9.28. The first kappa shape index (κ1) is 15.4. The number of methoxy groups -OCH3 is 1. The molecule has 1 atom stereocenters. The van der Waals surface area contributed by atoms with Gasteiger partial charge in [-0.05, 0) is 31.5 Å². The van der Waals surface area contributed by atoms with E-state index < -0.39 is 0 Å². The SMILES string of the molecule is COCC(CO)NC1CCN(Cc2ccccc2)CC1. The Labute approximate surface area is 121 Å². The number of likely N-dealkylation sites (tertiary alicyclic amines) is 1. The fourth-order valence-corrected chi connectivity index (χ4v) is 2.79. The lowest BCUT2D eigenvalue weighted by atomic mass is 10.0. The average molecular weight is 278 g/mol. The van der Waals surface area contributed by atoms with E-state index in [1.807, 2.05) is 0 Å². The van der Waals surface area contributed by atoms with E-state index in [-0.39, 0.29) is 12.6 Å². The topological polar surface area (TPSA) is 44.7 Å². The predicted molar refractivity (Wildman–Crippen MR) is 80.6 cm³/mol. The van der Waals surface area contributed by atoms with Gasteiger partial charge in [-0.15, -0.1) is 0 Å². The first-order valence-corrected chi connectivity index (χ1v) is 7.44. The Kier molecular flexibility index (Phi) is 6.47. The molecule has 0 saturated carbocycles. The van der Waals surface area contributed by atoms with Crippen LogP contribution in [0.5, 0.6) is 0 Å². The van der Waals surface area contributed by atoms with Gasteiger partial charge in [-0.3, -0.25) is 4.90 Å². The summed E-state index contributed by atoms with van der Waals surface area (Å²) in [6.45, 7) is 3.96. The maximum Gasteiger partial charge on any atom is 0.0638 e. The monoisotopic (exact) mass is 278 g/mol. The molecule has 0 aromatic heterocycles. The molecule has 4 heteroatoms. The first-order chi connectivity index (χ1) is 9.81. The highest BCUT2D eigenvalue weighted by Gasteiger charge is 2.21. The molecule has 1 heterocycles. The molecule has 112 valence electrons. The van der Waals surface area contributed by atoms with Crippen LogP contribution < -0.4 is 5.32 Å². The van der Waals surface area contributed by atoms with Crippen molar-refractivity contribution in [2.24, 2.45) is 0 Å². The second kappa shape index (κ2) is 8.37. The highest BCUT2D eigenvalue weighted by molar-refractivity contribution is 5.14. The summed E-state index contributed by atoms with van der Waals surface area (Å²) in [6.07, 6.45) is 2.26. The second-order valence-corrected chi connectivity index (χ2v) is 5.54. The highest BCUT2D eigenvalue weighted by atomic mass is 16.5. The van der Waals surface area contributed by atoms with E-state index >= 15 is 0 Å². The van der Waals surface area contributed by atoms with Crippen LogP contribution in [-0.4, -0.2) is 55.5 Å². The molecule has 0 aliphatic carbocycles. The van der Waals surface area contributed by atoms with Crippen LogP contribution in [0.25, 0.3) is 0 Å². The van der Waals surface area contributed by atoms with Crippen LogP contribution in [0.4, 0.5) is 0 Å². The van der Waals surface area contributed by atoms with Gasteiger partial charge >= 0.3 is 0 Å². The molecule has 1 unspecified atom stereocenters. The number of hydrogen-bond acceptors (Lipinski definition) is 4. The van der Waals surface area contributed by atoms with Crippen molar-refractivity contribution in [3.8, 4) is 0 Å². The molecule has 1 aliphatic rings. The number of ether oxygens (including phenoxy) is 1. The molecule has 1 aromatic carbocycles. The zero-order chi connectivity index (χ0) is 14.2. The molecule has 1 fully saturated rings. The lowest BCUT2D eigenvalue weighted by molar-refractivity contribution is 0.108.